The van der Waals surface area contributed by atoms with E-state index in [0.29, 0.717) is 12.5 Å². The molecule has 0 bridgehead atoms. The second-order valence-corrected chi connectivity index (χ2v) is 6.06. The number of rotatable bonds is 2. The van der Waals surface area contributed by atoms with Gasteiger partial charge in [0.05, 0.1) is 0 Å². The second-order valence-electron chi connectivity index (χ2n) is 6.06. The van der Waals surface area contributed by atoms with Gasteiger partial charge >= 0.3 is 6.09 Å². The number of hydrogen-bond acceptors (Lipinski definition) is 3. The maximum absolute atomic E-state index is 11.7. The van der Waals surface area contributed by atoms with Crippen molar-refractivity contribution in [1.29, 1.82) is 0 Å². The van der Waals surface area contributed by atoms with E-state index in [1.165, 1.54) is 0 Å². The number of likely N-dealkylation sites (tertiary alicyclic amines) is 1. The summed E-state index contributed by atoms with van der Waals surface area (Å²) in [5.74, 6) is 0.496. The van der Waals surface area contributed by atoms with Crippen molar-refractivity contribution in [3.8, 4) is 0 Å². The van der Waals surface area contributed by atoms with Gasteiger partial charge in [-0.25, -0.2) is 4.79 Å². The molecule has 1 fully saturated rings. The van der Waals surface area contributed by atoms with Crippen LogP contribution in [0, 0.1) is 11.3 Å². The Kier molecular flexibility index (Phi) is 3.53. The Bertz CT molecular complexity index is 263. The molecule has 2 N–H and O–H groups in total. The highest BCUT2D eigenvalue weighted by molar-refractivity contribution is 5.69. The van der Waals surface area contributed by atoms with Gasteiger partial charge in [-0.1, -0.05) is 13.8 Å². The molecular weight excluding hydrogens is 204 g/mol. The summed E-state index contributed by atoms with van der Waals surface area (Å²) < 4.78 is 5.31. The molecule has 0 unspecified atom stereocenters. The van der Waals surface area contributed by atoms with Gasteiger partial charge in [-0.2, -0.15) is 0 Å². The Balaban J connectivity index is 2.49. The first-order valence-corrected chi connectivity index (χ1v) is 5.88. The van der Waals surface area contributed by atoms with Gasteiger partial charge in [0.2, 0.25) is 0 Å². The molecule has 1 heterocycles. The number of nitrogens with two attached hydrogens (primary N) is 1. The predicted molar refractivity (Wildman–Crippen MR) is 64.1 cm³/mol. The molecule has 0 aliphatic carbocycles. The number of amides is 1. The summed E-state index contributed by atoms with van der Waals surface area (Å²) in [7, 11) is 0. The third-order valence-corrected chi connectivity index (χ3v) is 3.29. The van der Waals surface area contributed by atoms with Gasteiger partial charge in [-0.3, -0.25) is 0 Å². The Labute approximate surface area is 98.1 Å². The van der Waals surface area contributed by atoms with Crippen LogP contribution < -0.4 is 5.73 Å². The first-order chi connectivity index (χ1) is 7.20. The van der Waals surface area contributed by atoms with Crippen LogP contribution in [0.3, 0.4) is 0 Å². The quantitative estimate of drug-likeness (QED) is 0.784. The zero-order valence-corrected chi connectivity index (χ0v) is 11.0. The van der Waals surface area contributed by atoms with Crippen LogP contribution in [0.25, 0.3) is 0 Å². The summed E-state index contributed by atoms with van der Waals surface area (Å²) in [6, 6.07) is 0. The highest BCUT2D eigenvalue weighted by atomic mass is 16.6. The molecule has 1 aliphatic rings. The molecular formula is C12H24N2O2. The number of nitrogens with zero attached hydrogens (tertiary/aromatic N) is 1. The monoisotopic (exact) mass is 228 g/mol. The van der Waals surface area contributed by atoms with Crippen molar-refractivity contribution in [2.45, 2.75) is 40.2 Å². The van der Waals surface area contributed by atoms with Gasteiger partial charge in [-0.15, -0.1) is 0 Å². The fourth-order valence-electron chi connectivity index (χ4n) is 1.90. The van der Waals surface area contributed by atoms with Gasteiger partial charge in [0, 0.05) is 25.0 Å². The lowest BCUT2D eigenvalue weighted by atomic mass is 9.71. The van der Waals surface area contributed by atoms with E-state index in [-0.39, 0.29) is 11.5 Å². The number of hydrogen-bond donors (Lipinski definition) is 1. The topological polar surface area (TPSA) is 55.6 Å². The Hall–Kier alpha value is -0.770. The molecule has 1 aliphatic heterocycles. The van der Waals surface area contributed by atoms with Crippen LogP contribution in [-0.4, -0.2) is 36.2 Å². The molecule has 1 saturated heterocycles. The normalized spacial score (nSPS) is 19.6. The lowest BCUT2D eigenvalue weighted by Crippen LogP contribution is -2.64. The standard InChI is InChI=1S/C12H24N2O2/c1-9(2)12(6-13)7-14(8-12)10(15)16-11(3,4)5/h9H,6-8,13H2,1-5H3. The first kappa shape index (κ1) is 13.3. The van der Waals surface area contributed by atoms with E-state index < -0.39 is 5.60 Å². The predicted octanol–water partition coefficient (Wildman–Crippen LogP) is 1.84. The zero-order chi connectivity index (χ0) is 12.6. The summed E-state index contributed by atoms with van der Waals surface area (Å²) in [5, 5.41) is 0. The van der Waals surface area contributed by atoms with E-state index in [1.807, 2.05) is 20.8 Å². The van der Waals surface area contributed by atoms with Crippen molar-refractivity contribution >= 4 is 6.09 Å². The Morgan fingerprint density at radius 1 is 1.44 bits per heavy atom. The summed E-state index contributed by atoms with van der Waals surface area (Å²) in [6.07, 6.45) is -0.225. The van der Waals surface area contributed by atoms with E-state index in [4.69, 9.17) is 10.5 Å². The average Bonchev–Trinajstić information content (AvgIpc) is 1.98. The molecule has 0 aromatic heterocycles. The smallest absolute Gasteiger partial charge is 0.410 e. The molecule has 16 heavy (non-hydrogen) atoms. The van der Waals surface area contributed by atoms with Crippen LogP contribution in [0.1, 0.15) is 34.6 Å². The number of carbonyl (C=O) groups excluding carboxylic acids is 1. The zero-order valence-electron chi connectivity index (χ0n) is 11.0. The SMILES string of the molecule is CC(C)C1(CN)CN(C(=O)OC(C)(C)C)C1. The van der Waals surface area contributed by atoms with Crippen LogP contribution in [0.5, 0.6) is 0 Å². The summed E-state index contributed by atoms with van der Waals surface area (Å²) in [5.41, 5.74) is 5.45. The summed E-state index contributed by atoms with van der Waals surface area (Å²) in [6.45, 7) is 12.0. The van der Waals surface area contributed by atoms with E-state index >= 15 is 0 Å². The van der Waals surface area contributed by atoms with Crippen LogP contribution in [0.4, 0.5) is 4.79 Å². The maximum atomic E-state index is 11.7. The van der Waals surface area contributed by atoms with Crippen molar-refractivity contribution < 1.29 is 9.53 Å². The van der Waals surface area contributed by atoms with Gasteiger partial charge < -0.3 is 15.4 Å². The largest absolute Gasteiger partial charge is 0.444 e. The minimum Gasteiger partial charge on any atom is -0.444 e. The molecule has 0 radical (unpaired) electrons. The third-order valence-electron chi connectivity index (χ3n) is 3.29. The van der Waals surface area contributed by atoms with Crippen molar-refractivity contribution in [2.24, 2.45) is 17.1 Å². The van der Waals surface area contributed by atoms with Crippen LogP contribution in [0.2, 0.25) is 0 Å². The molecule has 1 rings (SSSR count). The lowest BCUT2D eigenvalue weighted by molar-refractivity contribution is -0.0490. The molecule has 1 amide bonds. The van der Waals surface area contributed by atoms with E-state index in [0.717, 1.165) is 13.1 Å². The maximum Gasteiger partial charge on any atom is 0.410 e. The first-order valence-electron chi connectivity index (χ1n) is 5.88. The minimum absolute atomic E-state index is 0.0942. The lowest BCUT2D eigenvalue weighted by Gasteiger charge is -2.52. The summed E-state index contributed by atoms with van der Waals surface area (Å²) in [4.78, 5) is 13.5. The van der Waals surface area contributed by atoms with Gasteiger partial charge in [0.1, 0.15) is 5.60 Å². The van der Waals surface area contributed by atoms with Crippen molar-refractivity contribution in [3.63, 3.8) is 0 Å². The Morgan fingerprint density at radius 2 is 1.94 bits per heavy atom. The van der Waals surface area contributed by atoms with Gasteiger partial charge in [0.25, 0.3) is 0 Å². The van der Waals surface area contributed by atoms with Crippen LogP contribution in [0.15, 0.2) is 0 Å². The summed E-state index contributed by atoms with van der Waals surface area (Å²) >= 11 is 0. The van der Waals surface area contributed by atoms with E-state index in [1.54, 1.807) is 4.90 Å². The van der Waals surface area contributed by atoms with E-state index in [9.17, 15) is 4.79 Å². The highest BCUT2D eigenvalue weighted by Crippen LogP contribution is 2.37. The van der Waals surface area contributed by atoms with Crippen LogP contribution in [-0.2, 0) is 4.74 Å². The molecule has 4 heteroatoms. The van der Waals surface area contributed by atoms with Crippen LogP contribution >= 0.6 is 0 Å². The molecule has 4 nitrogen and oxygen atoms in total. The molecule has 0 aromatic rings. The number of ether oxygens (including phenoxy) is 1. The Morgan fingerprint density at radius 3 is 2.25 bits per heavy atom. The molecule has 0 spiro atoms. The van der Waals surface area contributed by atoms with Crippen molar-refractivity contribution in [2.75, 3.05) is 19.6 Å². The minimum atomic E-state index is -0.421. The van der Waals surface area contributed by atoms with Gasteiger partial charge in [0.15, 0.2) is 0 Å². The third kappa shape index (κ3) is 2.67. The van der Waals surface area contributed by atoms with Crippen molar-refractivity contribution in [1.82, 2.24) is 4.90 Å². The number of carbonyl (C=O) groups is 1. The molecule has 0 saturated carbocycles. The molecule has 0 aromatic carbocycles. The average molecular weight is 228 g/mol. The fourth-order valence-corrected chi connectivity index (χ4v) is 1.90. The fraction of sp³-hybridized carbons (Fsp3) is 0.917. The van der Waals surface area contributed by atoms with Crippen molar-refractivity contribution in [3.05, 3.63) is 0 Å². The van der Waals surface area contributed by atoms with Gasteiger partial charge in [-0.05, 0) is 26.7 Å². The highest BCUT2D eigenvalue weighted by Gasteiger charge is 2.47. The molecule has 94 valence electrons. The molecule has 0 atom stereocenters. The second kappa shape index (κ2) is 4.24. The van der Waals surface area contributed by atoms with E-state index in [2.05, 4.69) is 13.8 Å².